The highest BCUT2D eigenvalue weighted by Gasteiger charge is 2.23. The molecule has 13 heavy (non-hydrogen) atoms. The molecule has 0 heterocycles. The average Bonchev–Trinajstić information content (AvgIpc) is 2.03. The van der Waals surface area contributed by atoms with E-state index < -0.39 is 5.67 Å². The molecule has 0 fully saturated rings. The Bertz CT molecular complexity index is 304. The highest BCUT2D eigenvalue weighted by Crippen LogP contribution is 2.34. The van der Waals surface area contributed by atoms with Crippen molar-refractivity contribution in [2.24, 2.45) is 0 Å². The summed E-state index contributed by atoms with van der Waals surface area (Å²) in [6.45, 7) is 2.95. The van der Waals surface area contributed by atoms with Crippen molar-refractivity contribution in [2.45, 2.75) is 19.5 Å². The average molecular weight is 203 g/mol. The zero-order valence-corrected chi connectivity index (χ0v) is 8.65. The predicted octanol–water partition coefficient (Wildman–Crippen LogP) is 3.55. The summed E-state index contributed by atoms with van der Waals surface area (Å²) in [5.41, 5.74) is -0.960. The number of halogens is 2. The van der Waals surface area contributed by atoms with Crippen LogP contribution < -0.4 is 4.74 Å². The van der Waals surface area contributed by atoms with Crippen LogP contribution in [0.1, 0.15) is 19.4 Å². The van der Waals surface area contributed by atoms with Crippen LogP contribution in [0.25, 0.3) is 0 Å². The van der Waals surface area contributed by atoms with E-state index in [0.717, 1.165) is 0 Å². The second-order valence-electron chi connectivity index (χ2n) is 3.32. The van der Waals surface area contributed by atoms with Crippen molar-refractivity contribution in [3.63, 3.8) is 0 Å². The smallest absolute Gasteiger partial charge is 0.134 e. The van der Waals surface area contributed by atoms with Gasteiger partial charge in [0.1, 0.15) is 11.4 Å². The molecule has 0 saturated heterocycles. The molecule has 1 nitrogen and oxygen atoms in total. The number of ether oxygens (including phenoxy) is 1. The maximum atomic E-state index is 13.6. The van der Waals surface area contributed by atoms with Crippen LogP contribution in [0.4, 0.5) is 4.39 Å². The van der Waals surface area contributed by atoms with Crippen LogP contribution in [-0.2, 0) is 5.67 Å². The van der Waals surface area contributed by atoms with Gasteiger partial charge in [-0.1, -0.05) is 11.6 Å². The van der Waals surface area contributed by atoms with Crippen LogP contribution in [-0.4, -0.2) is 7.11 Å². The molecular weight excluding hydrogens is 191 g/mol. The molecule has 0 unspecified atom stereocenters. The van der Waals surface area contributed by atoms with Gasteiger partial charge in [-0.15, -0.1) is 0 Å². The largest absolute Gasteiger partial charge is 0.496 e. The normalized spacial score (nSPS) is 11.5. The highest BCUT2D eigenvalue weighted by atomic mass is 35.5. The summed E-state index contributed by atoms with van der Waals surface area (Å²) >= 11 is 5.76. The third-order valence-electron chi connectivity index (χ3n) is 1.80. The molecule has 1 aromatic rings. The Labute approximate surface area is 82.5 Å². The Hall–Kier alpha value is -0.760. The minimum absolute atomic E-state index is 0.475. The van der Waals surface area contributed by atoms with Gasteiger partial charge in [0, 0.05) is 10.6 Å². The van der Waals surface area contributed by atoms with E-state index in [4.69, 9.17) is 16.3 Å². The summed E-state index contributed by atoms with van der Waals surface area (Å²) in [5.74, 6) is 0.525. The first-order valence-corrected chi connectivity index (χ1v) is 4.36. The molecule has 1 aromatic carbocycles. The molecule has 0 N–H and O–H groups in total. The van der Waals surface area contributed by atoms with Gasteiger partial charge in [-0.2, -0.15) is 0 Å². The molecule has 0 aliphatic heterocycles. The van der Waals surface area contributed by atoms with Gasteiger partial charge in [-0.05, 0) is 32.0 Å². The molecule has 0 radical (unpaired) electrons. The molecule has 1 rings (SSSR count). The van der Waals surface area contributed by atoms with Gasteiger partial charge in [-0.25, -0.2) is 4.39 Å². The van der Waals surface area contributed by atoms with Crippen LogP contribution in [0.15, 0.2) is 18.2 Å². The number of rotatable bonds is 2. The fourth-order valence-electron chi connectivity index (χ4n) is 1.14. The van der Waals surface area contributed by atoms with E-state index >= 15 is 0 Å². The van der Waals surface area contributed by atoms with E-state index in [2.05, 4.69) is 0 Å². The van der Waals surface area contributed by atoms with Crippen LogP contribution in [0.3, 0.4) is 0 Å². The Morgan fingerprint density at radius 3 is 2.46 bits per heavy atom. The molecule has 3 heteroatoms. The second-order valence-corrected chi connectivity index (χ2v) is 3.75. The molecule has 0 atom stereocenters. The van der Waals surface area contributed by atoms with Crippen LogP contribution >= 0.6 is 11.6 Å². The van der Waals surface area contributed by atoms with E-state index in [-0.39, 0.29) is 0 Å². The molecule has 0 aliphatic carbocycles. The summed E-state index contributed by atoms with van der Waals surface area (Å²) < 4.78 is 18.6. The van der Waals surface area contributed by atoms with Crippen molar-refractivity contribution in [2.75, 3.05) is 7.11 Å². The summed E-state index contributed by atoms with van der Waals surface area (Å²) in [4.78, 5) is 0. The zero-order valence-electron chi connectivity index (χ0n) is 7.90. The minimum Gasteiger partial charge on any atom is -0.496 e. The number of benzene rings is 1. The summed E-state index contributed by atoms with van der Waals surface area (Å²) in [6.07, 6.45) is 0. The van der Waals surface area contributed by atoms with Gasteiger partial charge < -0.3 is 4.74 Å². The Balaban J connectivity index is 3.24. The third kappa shape index (κ3) is 2.34. The maximum absolute atomic E-state index is 13.6. The first-order chi connectivity index (χ1) is 5.95. The van der Waals surface area contributed by atoms with Gasteiger partial charge in [0.2, 0.25) is 0 Å². The summed E-state index contributed by atoms with van der Waals surface area (Å²) in [5, 5.41) is 0.515. The SMILES string of the molecule is COc1ccc(Cl)cc1C(C)(C)F. The number of hydrogen-bond donors (Lipinski definition) is 0. The van der Waals surface area contributed by atoms with Crippen molar-refractivity contribution in [3.05, 3.63) is 28.8 Å². The van der Waals surface area contributed by atoms with Crippen molar-refractivity contribution in [1.29, 1.82) is 0 Å². The second kappa shape index (κ2) is 3.54. The molecule has 0 amide bonds. The number of alkyl halides is 1. The third-order valence-corrected chi connectivity index (χ3v) is 2.04. The number of hydrogen-bond acceptors (Lipinski definition) is 1. The van der Waals surface area contributed by atoms with Gasteiger partial charge in [0.05, 0.1) is 7.11 Å². The van der Waals surface area contributed by atoms with Crippen molar-refractivity contribution in [3.8, 4) is 5.75 Å². The monoisotopic (exact) mass is 202 g/mol. The molecule has 0 spiro atoms. The van der Waals surface area contributed by atoms with Gasteiger partial charge in [0.15, 0.2) is 0 Å². The fourth-order valence-corrected chi connectivity index (χ4v) is 1.32. The lowest BCUT2D eigenvalue weighted by Gasteiger charge is -2.18. The fraction of sp³-hybridized carbons (Fsp3) is 0.400. The maximum Gasteiger partial charge on any atom is 0.134 e. The van der Waals surface area contributed by atoms with E-state index in [1.807, 2.05) is 0 Å². The lowest BCUT2D eigenvalue weighted by atomic mass is 9.99. The lowest BCUT2D eigenvalue weighted by molar-refractivity contribution is 0.213. The number of methoxy groups -OCH3 is 1. The first kappa shape index (κ1) is 10.3. The minimum atomic E-state index is -1.43. The van der Waals surface area contributed by atoms with E-state index in [1.165, 1.54) is 21.0 Å². The van der Waals surface area contributed by atoms with Crippen LogP contribution in [0, 0.1) is 0 Å². The summed E-state index contributed by atoms with van der Waals surface area (Å²) in [6, 6.07) is 4.93. The zero-order chi connectivity index (χ0) is 10.1. The predicted molar refractivity (Wildman–Crippen MR) is 52.1 cm³/mol. The van der Waals surface area contributed by atoms with Gasteiger partial charge in [-0.3, -0.25) is 0 Å². The molecule has 0 bridgehead atoms. The Morgan fingerprint density at radius 1 is 1.38 bits per heavy atom. The van der Waals surface area contributed by atoms with E-state index in [9.17, 15) is 4.39 Å². The van der Waals surface area contributed by atoms with Crippen molar-refractivity contribution in [1.82, 2.24) is 0 Å². The first-order valence-electron chi connectivity index (χ1n) is 3.98. The topological polar surface area (TPSA) is 9.23 Å². The molecular formula is C10H12ClFO. The van der Waals surface area contributed by atoms with Gasteiger partial charge >= 0.3 is 0 Å². The van der Waals surface area contributed by atoms with Crippen LogP contribution in [0.2, 0.25) is 5.02 Å². The molecule has 0 saturated carbocycles. The van der Waals surface area contributed by atoms with Crippen molar-refractivity contribution >= 4 is 11.6 Å². The quantitative estimate of drug-likeness (QED) is 0.713. The Morgan fingerprint density at radius 2 is 2.00 bits per heavy atom. The Kier molecular flexibility index (Phi) is 2.81. The molecule has 72 valence electrons. The van der Waals surface area contributed by atoms with Crippen molar-refractivity contribution < 1.29 is 9.13 Å². The van der Waals surface area contributed by atoms with E-state index in [0.29, 0.717) is 16.3 Å². The summed E-state index contributed by atoms with van der Waals surface area (Å²) in [7, 11) is 1.51. The lowest BCUT2D eigenvalue weighted by Crippen LogP contribution is -2.10. The highest BCUT2D eigenvalue weighted by molar-refractivity contribution is 6.30. The van der Waals surface area contributed by atoms with Crippen LogP contribution in [0.5, 0.6) is 5.75 Å². The van der Waals surface area contributed by atoms with Gasteiger partial charge in [0.25, 0.3) is 0 Å². The standard InChI is InChI=1S/C10H12ClFO/c1-10(2,12)8-6-7(11)4-5-9(8)13-3/h4-6H,1-3H3. The molecule has 0 aromatic heterocycles. The van der Waals surface area contributed by atoms with E-state index in [1.54, 1.807) is 18.2 Å². The molecule has 0 aliphatic rings.